The van der Waals surface area contributed by atoms with Gasteiger partial charge in [-0.05, 0) is 67.1 Å². The van der Waals surface area contributed by atoms with Gasteiger partial charge in [0.2, 0.25) is 5.91 Å². The second kappa shape index (κ2) is 8.16. The molecule has 150 valence electrons. The molecule has 2 aromatic rings. The van der Waals surface area contributed by atoms with E-state index in [-0.39, 0.29) is 12.5 Å². The van der Waals surface area contributed by atoms with Crippen LogP contribution in [0.25, 0.3) is 11.8 Å². The highest BCUT2D eigenvalue weighted by Gasteiger charge is 2.37. The molecular weight excluding hydrogens is 390 g/mol. The van der Waals surface area contributed by atoms with Gasteiger partial charge in [0.1, 0.15) is 12.3 Å². The van der Waals surface area contributed by atoms with E-state index in [0.717, 1.165) is 46.6 Å². The van der Waals surface area contributed by atoms with E-state index in [4.69, 9.17) is 4.74 Å². The predicted octanol–water partition coefficient (Wildman–Crippen LogP) is 3.14. The number of methoxy groups -OCH3 is 1. The van der Waals surface area contributed by atoms with E-state index in [1.54, 1.807) is 18.1 Å². The van der Waals surface area contributed by atoms with Crippen molar-refractivity contribution in [3.63, 3.8) is 0 Å². The van der Waals surface area contributed by atoms with Crippen LogP contribution in [-0.4, -0.2) is 58.2 Å². The molecule has 2 saturated heterocycles. The number of rotatable bonds is 5. The van der Waals surface area contributed by atoms with E-state index < -0.39 is 11.1 Å². The van der Waals surface area contributed by atoms with Crippen LogP contribution >= 0.6 is 11.8 Å². The molecule has 0 bridgehead atoms. The van der Waals surface area contributed by atoms with Crippen LogP contribution in [-0.2, 0) is 9.59 Å². The average Bonchev–Trinajstić information content (AvgIpc) is 3.47. The van der Waals surface area contributed by atoms with Crippen LogP contribution in [0.15, 0.2) is 47.5 Å². The lowest BCUT2D eigenvalue weighted by molar-refractivity contribution is -0.135. The zero-order valence-corrected chi connectivity index (χ0v) is 16.9. The number of hydrogen-bond donors (Lipinski definition) is 0. The zero-order valence-electron chi connectivity index (χ0n) is 16.0. The molecule has 4 rings (SSSR count). The van der Waals surface area contributed by atoms with Crippen molar-refractivity contribution in [1.29, 1.82) is 0 Å². The first-order chi connectivity index (χ1) is 14.1. The van der Waals surface area contributed by atoms with Gasteiger partial charge in [0, 0.05) is 30.7 Å². The fourth-order valence-corrected chi connectivity index (χ4v) is 4.29. The molecule has 3 amide bonds. The number of ether oxygens (including phenoxy) is 1. The number of carbonyl (C=O) groups is 3. The number of carbonyl (C=O) groups excluding carboxylic acids is 3. The van der Waals surface area contributed by atoms with Crippen LogP contribution < -0.4 is 4.74 Å². The number of benzene rings is 1. The van der Waals surface area contributed by atoms with Crippen molar-refractivity contribution in [1.82, 2.24) is 14.4 Å². The molecule has 1 aromatic heterocycles. The molecule has 0 spiro atoms. The Morgan fingerprint density at radius 1 is 1.14 bits per heavy atom. The third kappa shape index (κ3) is 3.93. The molecule has 2 fully saturated rings. The Hall–Kier alpha value is -3.00. The van der Waals surface area contributed by atoms with Crippen LogP contribution in [0.5, 0.6) is 5.75 Å². The highest BCUT2D eigenvalue weighted by Crippen LogP contribution is 2.33. The Bertz CT molecular complexity index is 974. The van der Waals surface area contributed by atoms with Crippen LogP contribution in [0.3, 0.4) is 0 Å². The summed E-state index contributed by atoms with van der Waals surface area (Å²) in [5, 5.41) is -0.406. The summed E-state index contributed by atoms with van der Waals surface area (Å²) in [4.78, 5) is 40.5. The van der Waals surface area contributed by atoms with Crippen molar-refractivity contribution in [2.45, 2.75) is 12.8 Å². The van der Waals surface area contributed by atoms with E-state index in [0.29, 0.717) is 18.0 Å². The van der Waals surface area contributed by atoms with Crippen molar-refractivity contribution in [2.24, 2.45) is 0 Å². The van der Waals surface area contributed by atoms with Crippen LogP contribution in [0.4, 0.5) is 4.79 Å². The minimum Gasteiger partial charge on any atom is -0.497 e. The third-order valence-corrected chi connectivity index (χ3v) is 5.94. The number of amides is 3. The summed E-state index contributed by atoms with van der Waals surface area (Å²) in [5.41, 5.74) is 1.68. The van der Waals surface area contributed by atoms with E-state index in [9.17, 15) is 14.4 Å². The van der Waals surface area contributed by atoms with Gasteiger partial charge in [0.15, 0.2) is 0 Å². The summed E-state index contributed by atoms with van der Waals surface area (Å²) < 4.78 is 7.11. The van der Waals surface area contributed by atoms with Gasteiger partial charge in [0.25, 0.3) is 11.1 Å². The van der Waals surface area contributed by atoms with Gasteiger partial charge >= 0.3 is 0 Å². The molecule has 0 saturated carbocycles. The molecule has 0 atom stereocenters. The lowest BCUT2D eigenvalue weighted by atomic mass is 10.3. The molecule has 29 heavy (non-hydrogen) atoms. The van der Waals surface area contributed by atoms with Crippen molar-refractivity contribution in [2.75, 3.05) is 26.7 Å². The molecule has 0 N–H and O–H groups in total. The summed E-state index contributed by atoms with van der Waals surface area (Å²) >= 11 is 0.869. The lowest BCUT2D eigenvalue weighted by Gasteiger charge is -2.18. The quantitative estimate of drug-likeness (QED) is 0.707. The number of likely N-dealkylation sites (tertiary alicyclic amines) is 1. The van der Waals surface area contributed by atoms with Crippen molar-refractivity contribution in [3.05, 3.63) is 53.2 Å². The number of imide groups is 1. The largest absolute Gasteiger partial charge is 0.497 e. The summed E-state index contributed by atoms with van der Waals surface area (Å²) in [7, 11) is 1.61. The first kappa shape index (κ1) is 19.3. The molecule has 0 aliphatic carbocycles. The smallest absolute Gasteiger partial charge is 0.294 e. The number of thioether (sulfide) groups is 1. The van der Waals surface area contributed by atoms with Crippen LogP contribution in [0, 0.1) is 0 Å². The second-order valence-corrected chi connectivity index (χ2v) is 7.85. The SMILES string of the molecule is COc1ccc(-n2cccc2/C=C2\SC(=O)N(CC(=O)N3CCCC3)C2=O)cc1. The zero-order chi connectivity index (χ0) is 20.4. The maximum absolute atomic E-state index is 12.7. The van der Waals surface area contributed by atoms with Crippen molar-refractivity contribution in [3.8, 4) is 11.4 Å². The molecule has 0 unspecified atom stereocenters. The number of nitrogens with zero attached hydrogens (tertiary/aromatic N) is 3. The van der Waals surface area contributed by atoms with Gasteiger partial charge in [-0.25, -0.2) is 0 Å². The predicted molar refractivity (Wildman–Crippen MR) is 111 cm³/mol. The van der Waals surface area contributed by atoms with Gasteiger partial charge < -0.3 is 14.2 Å². The van der Waals surface area contributed by atoms with Gasteiger partial charge in [-0.3, -0.25) is 19.3 Å². The summed E-state index contributed by atoms with van der Waals surface area (Å²) in [6, 6.07) is 11.3. The van der Waals surface area contributed by atoms with E-state index in [1.165, 1.54) is 0 Å². The third-order valence-electron chi connectivity index (χ3n) is 5.04. The van der Waals surface area contributed by atoms with E-state index in [1.807, 2.05) is 47.2 Å². The Labute approximate surface area is 172 Å². The van der Waals surface area contributed by atoms with Crippen LogP contribution in [0.1, 0.15) is 18.5 Å². The normalized spacial score (nSPS) is 18.2. The standard InChI is InChI=1S/C21H21N3O4S/c1-28-17-8-6-15(7-9-17)23-12-4-5-16(23)13-18-20(26)24(21(27)29-18)14-19(25)22-10-2-3-11-22/h4-9,12-13H,2-3,10-11,14H2,1H3/b18-13-. The number of hydrogen-bond acceptors (Lipinski definition) is 5. The Balaban J connectivity index is 1.53. The Kier molecular flexibility index (Phi) is 5.44. The molecular formula is C21H21N3O4S. The van der Waals surface area contributed by atoms with Crippen molar-refractivity contribution < 1.29 is 19.1 Å². The molecule has 7 nitrogen and oxygen atoms in total. The van der Waals surface area contributed by atoms with Gasteiger partial charge in [-0.15, -0.1) is 0 Å². The molecule has 0 radical (unpaired) electrons. The molecule has 1 aromatic carbocycles. The molecule has 8 heteroatoms. The van der Waals surface area contributed by atoms with Crippen LogP contribution in [0.2, 0.25) is 0 Å². The maximum atomic E-state index is 12.7. The maximum Gasteiger partial charge on any atom is 0.294 e. The summed E-state index contributed by atoms with van der Waals surface area (Å²) in [5.74, 6) is 0.161. The van der Waals surface area contributed by atoms with E-state index in [2.05, 4.69) is 0 Å². The first-order valence-corrected chi connectivity index (χ1v) is 10.2. The van der Waals surface area contributed by atoms with Gasteiger partial charge in [-0.2, -0.15) is 0 Å². The Morgan fingerprint density at radius 2 is 1.86 bits per heavy atom. The average molecular weight is 411 g/mol. The monoisotopic (exact) mass is 411 g/mol. The second-order valence-electron chi connectivity index (χ2n) is 6.86. The minimum absolute atomic E-state index is 0.173. The van der Waals surface area contributed by atoms with Gasteiger partial charge in [-0.1, -0.05) is 0 Å². The fourth-order valence-electron chi connectivity index (χ4n) is 3.46. The fraction of sp³-hybridized carbons (Fsp3) is 0.286. The Morgan fingerprint density at radius 3 is 2.55 bits per heavy atom. The molecule has 2 aliphatic rings. The summed E-state index contributed by atoms with van der Waals surface area (Å²) in [6.45, 7) is 1.20. The topological polar surface area (TPSA) is 71.8 Å². The van der Waals surface area contributed by atoms with Crippen molar-refractivity contribution >= 4 is 34.9 Å². The molecule has 2 aliphatic heterocycles. The minimum atomic E-state index is -0.421. The molecule has 3 heterocycles. The highest BCUT2D eigenvalue weighted by atomic mass is 32.2. The summed E-state index contributed by atoms with van der Waals surface area (Å²) in [6.07, 6.45) is 5.51. The highest BCUT2D eigenvalue weighted by molar-refractivity contribution is 8.18. The lowest BCUT2D eigenvalue weighted by Crippen LogP contribution is -2.40. The van der Waals surface area contributed by atoms with Gasteiger partial charge in [0.05, 0.1) is 12.0 Å². The van der Waals surface area contributed by atoms with E-state index >= 15 is 0 Å². The number of aromatic nitrogens is 1. The first-order valence-electron chi connectivity index (χ1n) is 9.42.